The lowest BCUT2D eigenvalue weighted by molar-refractivity contribution is 0.0266. The summed E-state index contributed by atoms with van der Waals surface area (Å²) in [5.41, 5.74) is 0. The second kappa shape index (κ2) is 7.20. The first-order chi connectivity index (χ1) is 7.27. The summed E-state index contributed by atoms with van der Waals surface area (Å²) in [6.45, 7) is 4.60. The fourth-order valence-electron chi connectivity index (χ4n) is 2.46. The summed E-state index contributed by atoms with van der Waals surface area (Å²) >= 11 is 0. The van der Waals surface area contributed by atoms with Crippen LogP contribution in [0.2, 0.25) is 0 Å². The summed E-state index contributed by atoms with van der Waals surface area (Å²) in [5, 5.41) is 9.74. The fraction of sp³-hybridized carbons (Fsp3) is 1.00. The monoisotopic (exact) mass is 215 g/mol. The Hall–Kier alpha value is -0.120. The van der Waals surface area contributed by atoms with Gasteiger partial charge in [-0.1, -0.05) is 19.8 Å². The highest BCUT2D eigenvalue weighted by molar-refractivity contribution is 4.76. The van der Waals surface area contributed by atoms with E-state index in [0.717, 1.165) is 13.1 Å². The highest BCUT2D eigenvalue weighted by Crippen LogP contribution is 2.19. The van der Waals surface area contributed by atoms with Crippen LogP contribution in [0.4, 0.5) is 0 Å². The van der Waals surface area contributed by atoms with Crippen LogP contribution in [0.1, 0.15) is 39.0 Å². The first-order valence-electron chi connectivity index (χ1n) is 6.19. The predicted molar refractivity (Wildman–Crippen MR) is 62.0 cm³/mol. The van der Waals surface area contributed by atoms with Crippen LogP contribution in [-0.4, -0.2) is 49.0 Å². The summed E-state index contributed by atoms with van der Waals surface area (Å²) in [6, 6.07) is 0.666. The van der Waals surface area contributed by atoms with E-state index in [-0.39, 0.29) is 6.10 Å². The molecule has 1 fully saturated rings. The van der Waals surface area contributed by atoms with Gasteiger partial charge in [-0.05, 0) is 25.8 Å². The van der Waals surface area contributed by atoms with E-state index < -0.39 is 0 Å². The smallest absolute Gasteiger partial charge is 0.0900 e. The van der Waals surface area contributed by atoms with Gasteiger partial charge in [0.1, 0.15) is 0 Å². The quantitative estimate of drug-likeness (QED) is 0.757. The number of aliphatic hydroxyl groups is 1. The Balaban J connectivity index is 2.40. The Morgan fingerprint density at radius 1 is 1.40 bits per heavy atom. The van der Waals surface area contributed by atoms with Crippen molar-refractivity contribution in [2.24, 2.45) is 0 Å². The summed E-state index contributed by atoms with van der Waals surface area (Å²) in [7, 11) is 1.64. The van der Waals surface area contributed by atoms with Crippen molar-refractivity contribution < 1.29 is 9.84 Å². The van der Waals surface area contributed by atoms with E-state index in [1.807, 2.05) is 0 Å². The molecular formula is C12H25NO2. The first-order valence-corrected chi connectivity index (χ1v) is 6.19. The first kappa shape index (κ1) is 12.9. The molecule has 15 heavy (non-hydrogen) atoms. The Morgan fingerprint density at radius 2 is 2.20 bits per heavy atom. The molecule has 0 amide bonds. The summed E-state index contributed by atoms with van der Waals surface area (Å²) in [5.74, 6) is 0. The van der Waals surface area contributed by atoms with Crippen molar-refractivity contribution in [3.8, 4) is 0 Å². The molecule has 1 aliphatic heterocycles. The average Bonchev–Trinajstić information content (AvgIpc) is 2.43. The second-order valence-corrected chi connectivity index (χ2v) is 4.52. The van der Waals surface area contributed by atoms with E-state index in [1.54, 1.807) is 7.11 Å². The van der Waals surface area contributed by atoms with Crippen LogP contribution in [0.3, 0.4) is 0 Å². The molecule has 3 nitrogen and oxygen atoms in total. The van der Waals surface area contributed by atoms with Crippen molar-refractivity contribution in [1.82, 2.24) is 4.90 Å². The molecule has 1 saturated heterocycles. The minimum absolute atomic E-state index is 0.331. The molecule has 0 unspecified atom stereocenters. The lowest BCUT2D eigenvalue weighted by Gasteiger charge is -2.30. The van der Waals surface area contributed by atoms with Gasteiger partial charge in [-0.3, -0.25) is 4.90 Å². The van der Waals surface area contributed by atoms with Crippen molar-refractivity contribution >= 4 is 0 Å². The summed E-state index contributed by atoms with van der Waals surface area (Å²) in [6.07, 6.45) is 6.11. The molecule has 1 rings (SSSR count). The molecule has 0 aromatic heterocycles. The Morgan fingerprint density at radius 3 is 2.87 bits per heavy atom. The van der Waals surface area contributed by atoms with E-state index in [4.69, 9.17) is 4.74 Å². The maximum Gasteiger partial charge on any atom is 0.0900 e. The molecule has 0 radical (unpaired) electrons. The molecule has 1 N–H and O–H groups in total. The zero-order chi connectivity index (χ0) is 11.1. The van der Waals surface area contributed by atoms with Crippen molar-refractivity contribution in [2.45, 2.75) is 51.2 Å². The maximum atomic E-state index is 9.74. The lowest BCUT2D eigenvalue weighted by Crippen LogP contribution is -2.41. The minimum Gasteiger partial charge on any atom is -0.389 e. The van der Waals surface area contributed by atoms with E-state index in [0.29, 0.717) is 12.6 Å². The third-order valence-corrected chi connectivity index (χ3v) is 3.27. The number of nitrogens with zero attached hydrogens (tertiary/aromatic N) is 1. The molecular weight excluding hydrogens is 190 g/mol. The largest absolute Gasteiger partial charge is 0.389 e. The highest BCUT2D eigenvalue weighted by Gasteiger charge is 2.21. The van der Waals surface area contributed by atoms with E-state index in [2.05, 4.69) is 11.8 Å². The predicted octanol–water partition coefficient (Wildman–Crippen LogP) is 1.65. The molecule has 0 spiro atoms. The third-order valence-electron chi connectivity index (χ3n) is 3.27. The van der Waals surface area contributed by atoms with Crippen molar-refractivity contribution in [1.29, 1.82) is 0 Å². The maximum absolute atomic E-state index is 9.74. The molecule has 0 aliphatic carbocycles. The van der Waals surface area contributed by atoms with E-state index in [9.17, 15) is 5.11 Å². The van der Waals surface area contributed by atoms with Crippen molar-refractivity contribution in [2.75, 3.05) is 26.8 Å². The topological polar surface area (TPSA) is 32.7 Å². The summed E-state index contributed by atoms with van der Waals surface area (Å²) < 4.78 is 4.97. The van der Waals surface area contributed by atoms with Crippen LogP contribution in [-0.2, 0) is 4.74 Å². The van der Waals surface area contributed by atoms with Gasteiger partial charge in [-0.2, -0.15) is 0 Å². The van der Waals surface area contributed by atoms with Crippen LogP contribution in [0.15, 0.2) is 0 Å². The molecule has 2 atom stereocenters. The number of hydrogen-bond donors (Lipinski definition) is 1. The minimum atomic E-state index is -0.331. The van der Waals surface area contributed by atoms with Gasteiger partial charge in [0, 0.05) is 19.7 Å². The summed E-state index contributed by atoms with van der Waals surface area (Å²) in [4.78, 5) is 2.44. The lowest BCUT2D eigenvalue weighted by atomic mass is 10.1. The number of rotatable bonds is 5. The molecule has 1 aliphatic rings. The van der Waals surface area contributed by atoms with Crippen LogP contribution < -0.4 is 0 Å². The standard InChI is InChI=1S/C12H25NO2/c1-3-11-7-5-4-6-8-13(11)9-12(14)10-15-2/h11-12,14H,3-10H2,1-2H3/t11-,12+/m0/s1. The van der Waals surface area contributed by atoms with Gasteiger partial charge >= 0.3 is 0 Å². The SMILES string of the molecule is CC[C@H]1CCCCCN1C[C@@H](O)COC. The zero-order valence-corrected chi connectivity index (χ0v) is 10.1. The third kappa shape index (κ3) is 4.49. The van der Waals surface area contributed by atoms with Gasteiger partial charge in [-0.15, -0.1) is 0 Å². The molecule has 3 heteroatoms. The van der Waals surface area contributed by atoms with Crippen LogP contribution in [0.5, 0.6) is 0 Å². The van der Waals surface area contributed by atoms with Gasteiger partial charge in [0.15, 0.2) is 0 Å². The molecule has 1 heterocycles. The van der Waals surface area contributed by atoms with Gasteiger partial charge < -0.3 is 9.84 Å². The number of aliphatic hydroxyl groups excluding tert-OH is 1. The molecule has 0 aromatic carbocycles. The van der Waals surface area contributed by atoms with Gasteiger partial charge in [-0.25, -0.2) is 0 Å². The molecule has 0 bridgehead atoms. The van der Waals surface area contributed by atoms with Crippen LogP contribution in [0.25, 0.3) is 0 Å². The molecule has 0 aromatic rings. The number of methoxy groups -OCH3 is 1. The van der Waals surface area contributed by atoms with E-state index >= 15 is 0 Å². The molecule has 90 valence electrons. The van der Waals surface area contributed by atoms with Gasteiger partial charge in [0.05, 0.1) is 12.7 Å². The van der Waals surface area contributed by atoms with Gasteiger partial charge in [0.25, 0.3) is 0 Å². The Bertz CT molecular complexity index is 164. The number of likely N-dealkylation sites (tertiary alicyclic amines) is 1. The van der Waals surface area contributed by atoms with Crippen molar-refractivity contribution in [3.63, 3.8) is 0 Å². The average molecular weight is 215 g/mol. The van der Waals surface area contributed by atoms with E-state index in [1.165, 1.54) is 32.1 Å². The fourth-order valence-corrected chi connectivity index (χ4v) is 2.46. The van der Waals surface area contributed by atoms with Gasteiger partial charge in [0.2, 0.25) is 0 Å². The number of hydrogen-bond acceptors (Lipinski definition) is 3. The zero-order valence-electron chi connectivity index (χ0n) is 10.1. The Kier molecular flexibility index (Phi) is 6.22. The number of ether oxygens (including phenoxy) is 1. The van der Waals surface area contributed by atoms with Crippen LogP contribution >= 0.6 is 0 Å². The highest BCUT2D eigenvalue weighted by atomic mass is 16.5. The molecule has 0 saturated carbocycles. The second-order valence-electron chi connectivity index (χ2n) is 4.52. The number of β-amino-alcohol motifs (C(OH)–C–C–N with tert-alkyl or cyclic N) is 1. The van der Waals surface area contributed by atoms with Crippen molar-refractivity contribution in [3.05, 3.63) is 0 Å². The Labute approximate surface area is 93.4 Å². The normalized spacial score (nSPS) is 26.2. The van der Waals surface area contributed by atoms with Crippen LogP contribution in [0, 0.1) is 0 Å².